The fourth-order valence-corrected chi connectivity index (χ4v) is 4.01. The van der Waals surface area contributed by atoms with Gasteiger partial charge in [0.2, 0.25) is 0 Å². The van der Waals surface area contributed by atoms with E-state index in [1.807, 2.05) is 4.90 Å². The highest BCUT2D eigenvalue weighted by Gasteiger charge is 2.38. The average Bonchev–Trinajstić information content (AvgIpc) is 3.27. The summed E-state index contributed by atoms with van der Waals surface area (Å²) in [5.74, 6) is -0.272. The number of aromatic nitrogens is 6. The molecule has 4 heterocycles. The van der Waals surface area contributed by atoms with Gasteiger partial charge >= 0.3 is 6.18 Å². The van der Waals surface area contributed by atoms with Crippen LogP contribution in [0.2, 0.25) is 0 Å². The Morgan fingerprint density at radius 3 is 2.54 bits per heavy atom. The Bertz CT molecular complexity index is 911. The molecule has 1 aliphatic rings. The Kier molecular flexibility index (Phi) is 4.25. The zero-order chi connectivity index (χ0) is 18.3. The topological polar surface area (TPSA) is 72.1 Å². The second-order valence-corrected chi connectivity index (χ2v) is 7.23. The van der Waals surface area contributed by atoms with Crippen LogP contribution in [0.5, 0.6) is 0 Å². The molecule has 0 radical (unpaired) electrons. The van der Waals surface area contributed by atoms with E-state index < -0.39 is 12.0 Å². The summed E-state index contributed by atoms with van der Waals surface area (Å²) in [7, 11) is 0. The van der Waals surface area contributed by atoms with E-state index in [2.05, 4.69) is 32.4 Å². The SMILES string of the molecule is CCc1nnc(C2CCN(c3ccc4nnc(C(F)(F)F)n4n3)CC2)s1. The maximum Gasteiger partial charge on any atom is 0.453 e. The molecule has 0 atom stereocenters. The zero-order valence-corrected chi connectivity index (χ0v) is 14.8. The van der Waals surface area contributed by atoms with Crippen molar-refractivity contribution in [2.24, 2.45) is 0 Å². The van der Waals surface area contributed by atoms with E-state index in [1.54, 1.807) is 17.4 Å². The number of halogens is 3. The Morgan fingerprint density at radius 1 is 1.12 bits per heavy atom. The molecule has 11 heteroatoms. The number of anilines is 1. The molecule has 1 fully saturated rings. The van der Waals surface area contributed by atoms with E-state index >= 15 is 0 Å². The smallest absolute Gasteiger partial charge is 0.355 e. The number of rotatable bonds is 3. The van der Waals surface area contributed by atoms with Crippen LogP contribution in [0.3, 0.4) is 0 Å². The maximum absolute atomic E-state index is 13.0. The zero-order valence-electron chi connectivity index (χ0n) is 13.9. The van der Waals surface area contributed by atoms with E-state index in [4.69, 9.17) is 0 Å². The van der Waals surface area contributed by atoms with Gasteiger partial charge in [0.15, 0.2) is 5.65 Å². The Labute approximate surface area is 150 Å². The van der Waals surface area contributed by atoms with Gasteiger partial charge in [-0.05, 0) is 31.4 Å². The summed E-state index contributed by atoms with van der Waals surface area (Å²) in [5.41, 5.74) is 0.0805. The normalized spacial score (nSPS) is 16.5. The summed E-state index contributed by atoms with van der Waals surface area (Å²) >= 11 is 1.64. The lowest BCUT2D eigenvalue weighted by atomic mass is 9.98. The van der Waals surface area contributed by atoms with Gasteiger partial charge in [-0.3, -0.25) is 0 Å². The van der Waals surface area contributed by atoms with Crippen LogP contribution in [0.15, 0.2) is 12.1 Å². The summed E-state index contributed by atoms with van der Waals surface area (Å²) in [5, 5.41) is 21.4. The van der Waals surface area contributed by atoms with Crippen molar-refractivity contribution >= 4 is 22.8 Å². The van der Waals surface area contributed by atoms with E-state index in [9.17, 15) is 13.2 Å². The van der Waals surface area contributed by atoms with Gasteiger partial charge in [-0.2, -0.15) is 17.7 Å². The molecule has 0 saturated carbocycles. The number of alkyl halides is 3. The molecule has 0 N–H and O–H groups in total. The van der Waals surface area contributed by atoms with E-state index in [-0.39, 0.29) is 5.65 Å². The quantitative estimate of drug-likeness (QED) is 0.693. The van der Waals surface area contributed by atoms with Crippen LogP contribution < -0.4 is 4.90 Å². The molecule has 7 nitrogen and oxygen atoms in total. The number of piperidine rings is 1. The molecular formula is C15H16F3N7S. The highest BCUT2D eigenvalue weighted by atomic mass is 32.1. The van der Waals surface area contributed by atoms with Crippen LogP contribution in [0.1, 0.15) is 41.5 Å². The lowest BCUT2D eigenvalue weighted by Crippen LogP contribution is -2.34. The Balaban J connectivity index is 1.52. The van der Waals surface area contributed by atoms with Crippen molar-refractivity contribution in [2.75, 3.05) is 18.0 Å². The number of aryl methyl sites for hydroxylation is 1. The van der Waals surface area contributed by atoms with Crippen LogP contribution in [0.25, 0.3) is 5.65 Å². The number of hydrogen-bond donors (Lipinski definition) is 0. The molecular weight excluding hydrogens is 367 g/mol. The first-order chi connectivity index (χ1) is 12.5. The molecule has 4 rings (SSSR count). The molecule has 1 saturated heterocycles. The first-order valence-electron chi connectivity index (χ1n) is 8.32. The van der Waals surface area contributed by atoms with Crippen molar-refractivity contribution in [1.29, 1.82) is 0 Å². The molecule has 138 valence electrons. The fraction of sp³-hybridized carbons (Fsp3) is 0.533. The highest BCUT2D eigenvalue weighted by molar-refractivity contribution is 7.11. The van der Waals surface area contributed by atoms with E-state index in [1.165, 1.54) is 6.07 Å². The van der Waals surface area contributed by atoms with Crippen LogP contribution >= 0.6 is 11.3 Å². The van der Waals surface area contributed by atoms with Crippen LogP contribution in [-0.2, 0) is 12.6 Å². The maximum atomic E-state index is 13.0. The van der Waals surface area contributed by atoms with Gasteiger partial charge in [0.25, 0.3) is 5.82 Å². The summed E-state index contributed by atoms with van der Waals surface area (Å²) < 4.78 is 39.8. The van der Waals surface area contributed by atoms with Crippen molar-refractivity contribution in [2.45, 2.75) is 38.3 Å². The lowest BCUT2D eigenvalue weighted by molar-refractivity contribution is -0.146. The van der Waals surface area contributed by atoms with Crippen LogP contribution in [0, 0.1) is 0 Å². The van der Waals surface area contributed by atoms with E-state index in [0.29, 0.717) is 24.8 Å². The average molecular weight is 383 g/mol. The van der Waals surface area contributed by atoms with Crippen LogP contribution in [0.4, 0.5) is 19.0 Å². The summed E-state index contributed by atoms with van der Waals surface area (Å²) in [6, 6.07) is 3.19. The fourth-order valence-electron chi connectivity index (χ4n) is 3.05. The van der Waals surface area contributed by atoms with Gasteiger partial charge in [-0.25, -0.2) is 0 Å². The molecule has 1 aliphatic heterocycles. The Hall–Kier alpha value is -2.30. The lowest BCUT2D eigenvalue weighted by Gasteiger charge is -2.31. The third-order valence-electron chi connectivity index (χ3n) is 4.46. The number of fused-ring (bicyclic) bond motifs is 1. The van der Waals surface area contributed by atoms with E-state index in [0.717, 1.165) is 33.8 Å². The van der Waals surface area contributed by atoms with Gasteiger partial charge in [0.1, 0.15) is 15.8 Å². The summed E-state index contributed by atoms with van der Waals surface area (Å²) in [6.07, 6.45) is -1.98. The molecule has 0 aliphatic carbocycles. The molecule has 0 aromatic carbocycles. The first kappa shape index (κ1) is 17.1. The second-order valence-electron chi connectivity index (χ2n) is 6.13. The minimum Gasteiger partial charge on any atom is -0.355 e. The van der Waals surface area contributed by atoms with Gasteiger partial charge < -0.3 is 4.90 Å². The summed E-state index contributed by atoms with van der Waals surface area (Å²) in [6.45, 7) is 3.45. The van der Waals surface area contributed by atoms with Crippen molar-refractivity contribution in [3.8, 4) is 0 Å². The minimum absolute atomic E-state index is 0.0805. The first-order valence-corrected chi connectivity index (χ1v) is 9.14. The molecule has 0 bridgehead atoms. The van der Waals surface area contributed by atoms with Crippen molar-refractivity contribution in [1.82, 2.24) is 30.0 Å². The molecule has 0 amide bonds. The number of hydrogen-bond acceptors (Lipinski definition) is 7. The Morgan fingerprint density at radius 2 is 1.88 bits per heavy atom. The predicted octanol–water partition coefficient (Wildman–Crippen LogP) is 2.94. The minimum atomic E-state index is -4.59. The van der Waals surface area contributed by atoms with Gasteiger partial charge in [0, 0.05) is 19.0 Å². The summed E-state index contributed by atoms with van der Waals surface area (Å²) in [4.78, 5) is 1.98. The molecule has 3 aromatic rings. The number of nitrogens with zero attached hydrogens (tertiary/aromatic N) is 7. The molecule has 0 unspecified atom stereocenters. The van der Waals surface area contributed by atoms with Crippen molar-refractivity contribution in [3.63, 3.8) is 0 Å². The monoisotopic (exact) mass is 383 g/mol. The van der Waals surface area contributed by atoms with Gasteiger partial charge in [-0.15, -0.1) is 36.8 Å². The standard InChI is InChI=1S/C15H16F3N7S/c1-2-12-20-21-13(26-12)9-5-7-24(8-6-9)11-4-3-10-19-22-14(15(16,17)18)25(10)23-11/h3-4,9H,2,5-8H2,1H3. The predicted molar refractivity (Wildman–Crippen MR) is 89.3 cm³/mol. The highest BCUT2D eigenvalue weighted by Crippen LogP contribution is 2.32. The van der Waals surface area contributed by atoms with Crippen molar-refractivity contribution < 1.29 is 13.2 Å². The van der Waals surface area contributed by atoms with Gasteiger partial charge in [0.05, 0.1) is 0 Å². The second kappa shape index (κ2) is 6.45. The molecule has 26 heavy (non-hydrogen) atoms. The third kappa shape index (κ3) is 3.11. The molecule has 0 spiro atoms. The largest absolute Gasteiger partial charge is 0.453 e. The third-order valence-corrected chi connectivity index (χ3v) is 5.69. The molecule has 3 aromatic heterocycles. The van der Waals surface area contributed by atoms with Crippen molar-refractivity contribution in [3.05, 3.63) is 28.0 Å². The van der Waals surface area contributed by atoms with Crippen LogP contribution in [-0.4, -0.2) is 43.1 Å². The van der Waals surface area contributed by atoms with Gasteiger partial charge in [-0.1, -0.05) is 6.92 Å².